The smallest absolute Gasteiger partial charge is 0.385 e. The highest BCUT2D eigenvalue weighted by Gasteiger charge is 2.40. The van der Waals surface area contributed by atoms with Crippen LogP contribution < -0.4 is 0 Å². The molecule has 2 rings (SSSR count). The Morgan fingerprint density at radius 2 is 1.87 bits per heavy atom. The highest BCUT2D eigenvalue weighted by Crippen LogP contribution is 2.40. The first kappa shape index (κ1) is 18.5. The van der Waals surface area contributed by atoms with Gasteiger partial charge in [-0.05, 0) is 37.5 Å². The molecule has 1 aliphatic heterocycles. The van der Waals surface area contributed by atoms with Gasteiger partial charge < -0.3 is 5.11 Å². The van der Waals surface area contributed by atoms with E-state index in [0.717, 1.165) is 12.1 Å². The van der Waals surface area contributed by atoms with Gasteiger partial charge in [-0.2, -0.15) is 13.2 Å². The standard InChI is InChI=1S/C14H17ClF3NO3S/c1-2-23(21,22)19-7-5-13(20,6-8-19)10-3-4-12(15)11(9-10)14(16,17)18/h3-4,9,20H,2,5-8H2,1H3. The monoisotopic (exact) mass is 371 g/mol. The summed E-state index contributed by atoms with van der Waals surface area (Å²) in [5.74, 6) is -0.0510. The number of piperidine rings is 1. The molecule has 1 aromatic carbocycles. The van der Waals surface area contributed by atoms with E-state index in [2.05, 4.69) is 0 Å². The van der Waals surface area contributed by atoms with Gasteiger partial charge in [-0.25, -0.2) is 12.7 Å². The highest BCUT2D eigenvalue weighted by molar-refractivity contribution is 7.89. The lowest BCUT2D eigenvalue weighted by atomic mass is 9.84. The molecular weight excluding hydrogens is 355 g/mol. The van der Waals surface area contributed by atoms with E-state index in [0.29, 0.717) is 0 Å². The normalized spacial score (nSPS) is 19.7. The Hall–Kier alpha value is -0.830. The van der Waals surface area contributed by atoms with Crippen molar-refractivity contribution in [2.75, 3.05) is 18.8 Å². The molecule has 23 heavy (non-hydrogen) atoms. The van der Waals surface area contributed by atoms with Gasteiger partial charge >= 0.3 is 6.18 Å². The summed E-state index contributed by atoms with van der Waals surface area (Å²) in [6.45, 7) is 1.65. The summed E-state index contributed by atoms with van der Waals surface area (Å²) in [5, 5.41) is 10.2. The van der Waals surface area contributed by atoms with Crippen molar-refractivity contribution < 1.29 is 26.7 Å². The van der Waals surface area contributed by atoms with Crippen molar-refractivity contribution in [3.63, 3.8) is 0 Å². The quantitative estimate of drug-likeness (QED) is 0.888. The van der Waals surface area contributed by atoms with Crippen LogP contribution in [0.25, 0.3) is 0 Å². The summed E-state index contributed by atoms with van der Waals surface area (Å²) in [4.78, 5) is 0. The first-order valence-electron chi connectivity index (χ1n) is 7.07. The number of alkyl halides is 3. The Bertz CT molecular complexity index is 683. The maximum atomic E-state index is 12.9. The zero-order chi connectivity index (χ0) is 17.5. The van der Waals surface area contributed by atoms with Gasteiger partial charge in [0.1, 0.15) is 0 Å². The van der Waals surface area contributed by atoms with Gasteiger partial charge in [-0.3, -0.25) is 0 Å². The van der Waals surface area contributed by atoms with Gasteiger partial charge in [-0.1, -0.05) is 17.7 Å². The molecule has 0 atom stereocenters. The first-order valence-corrected chi connectivity index (χ1v) is 9.06. The molecule has 0 amide bonds. The number of nitrogens with zero attached hydrogens (tertiary/aromatic N) is 1. The summed E-state index contributed by atoms with van der Waals surface area (Å²) >= 11 is 5.58. The van der Waals surface area contributed by atoms with Crippen LogP contribution in [0, 0.1) is 0 Å². The second kappa shape index (κ2) is 6.23. The molecule has 0 bridgehead atoms. The zero-order valence-corrected chi connectivity index (χ0v) is 14.0. The average Bonchev–Trinajstić information content (AvgIpc) is 2.46. The highest BCUT2D eigenvalue weighted by atomic mass is 35.5. The number of rotatable bonds is 3. The molecule has 1 aliphatic rings. The topological polar surface area (TPSA) is 57.6 Å². The summed E-state index contributed by atoms with van der Waals surface area (Å²) in [6, 6.07) is 3.29. The van der Waals surface area contributed by atoms with Crippen LogP contribution in [0.5, 0.6) is 0 Å². The Morgan fingerprint density at radius 1 is 1.30 bits per heavy atom. The summed E-state index contributed by atoms with van der Waals surface area (Å²) in [5.41, 5.74) is -2.40. The molecule has 1 heterocycles. The predicted octanol–water partition coefficient (Wildman–Crippen LogP) is 2.99. The molecule has 0 saturated carbocycles. The minimum atomic E-state index is -4.62. The van der Waals surface area contributed by atoms with Crippen molar-refractivity contribution in [1.29, 1.82) is 0 Å². The molecule has 0 spiro atoms. The van der Waals surface area contributed by atoms with E-state index in [1.165, 1.54) is 17.3 Å². The largest absolute Gasteiger partial charge is 0.417 e. The van der Waals surface area contributed by atoms with Crippen LogP contribution in [0.15, 0.2) is 18.2 Å². The fourth-order valence-corrected chi connectivity index (χ4v) is 3.97. The SMILES string of the molecule is CCS(=O)(=O)N1CCC(O)(c2ccc(Cl)c(C(F)(F)F)c2)CC1. The third-order valence-corrected chi connectivity index (χ3v) is 6.33. The third kappa shape index (κ3) is 3.81. The molecule has 1 N–H and O–H groups in total. The fourth-order valence-electron chi connectivity index (χ4n) is 2.64. The van der Waals surface area contributed by atoms with Gasteiger partial charge in [0.15, 0.2) is 0 Å². The number of benzene rings is 1. The van der Waals surface area contributed by atoms with Crippen molar-refractivity contribution in [1.82, 2.24) is 4.31 Å². The molecule has 0 radical (unpaired) electrons. The second-order valence-electron chi connectivity index (χ2n) is 5.52. The Morgan fingerprint density at radius 3 is 2.35 bits per heavy atom. The van der Waals surface area contributed by atoms with E-state index in [4.69, 9.17) is 11.6 Å². The predicted molar refractivity (Wildman–Crippen MR) is 80.6 cm³/mol. The number of hydrogen-bond acceptors (Lipinski definition) is 3. The van der Waals surface area contributed by atoms with E-state index >= 15 is 0 Å². The van der Waals surface area contributed by atoms with E-state index in [9.17, 15) is 26.7 Å². The molecule has 9 heteroatoms. The van der Waals surface area contributed by atoms with Crippen LogP contribution in [0.4, 0.5) is 13.2 Å². The molecule has 0 aliphatic carbocycles. The Labute approximate surface area is 137 Å². The van der Waals surface area contributed by atoms with Crippen LogP contribution >= 0.6 is 11.6 Å². The first-order chi connectivity index (χ1) is 10.5. The number of sulfonamides is 1. The van der Waals surface area contributed by atoms with Gasteiger partial charge in [0.2, 0.25) is 10.0 Å². The van der Waals surface area contributed by atoms with Gasteiger partial charge in [-0.15, -0.1) is 0 Å². The molecule has 1 fully saturated rings. The van der Waals surface area contributed by atoms with Crippen LogP contribution in [0.2, 0.25) is 5.02 Å². The minimum absolute atomic E-state index is 0.0329. The summed E-state index contributed by atoms with van der Waals surface area (Å²) < 4.78 is 63.7. The van der Waals surface area contributed by atoms with Gasteiger partial charge in [0.05, 0.1) is 21.9 Å². The summed E-state index contributed by atoms with van der Waals surface area (Å²) in [6.07, 6.45) is -4.55. The molecule has 130 valence electrons. The van der Waals surface area contributed by atoms with E-state index in [1.54, 1.807) is 0 Å². The lowest BCUT2D eigenvalue weighted by Gasteiger charge is -2.38. The van der Waals surface area contributed by atoms with Crippen molar-refractivity contribution in [2.24, 2.45) is 0 Å². The molecule has 1 aromatic rings. The molecule has 0 aromatic heterocycles. The van der Waals surface area contributed by atoms with Crippen LogP contribution in [-0.2, 0) is 21.8 Å². The van der Waals surface area contributed by atoms with Crippen LogP contribution in [0.3, 0.4) is 0 Å². The molecular formula is C14H17ClF3NO3S. The van der Waals surface area contributed by atoms with Crippen molar-refractivity contribution in [3.05, 3.63) is 34.3 Å². The molecule has 0 unspecified atom stereocenters. The van der Waals surface area contributed by atoms with Crippen LogP contribution in [0.1, 0.15) is 30.9 Å². The van der Waals surface area contributed by atoms with Crippen molar-refractivity contribution >= 4 is 21.6 Å². The van der Waals surface area contributed by atoms with Crippen LogP contribution in [-0.4, -0.2) is 36.7 Å². The summed E-state index contributed by atoms with van der Waals surface area (Å²) in [7, 11) is -3.37. The average molecular weight is 372 g/mol. The van der Waals surface area contributed by atoms with E-state index < -0.39 is 32.4 Å². The molecule has 4 nitrogen and oxygen atoms in total. The lowest BCUT2D eigenvalue weighted by Crippen LogP contribution is -2.45. The van der Waals surface area contributed by atoms with Crippen molar-refractivity contribution in [3.8, 4) is 0 Å². The number of halogens is 4. The maximum Gasteiger partial charge on any atom is 0.417 e. The zero-order valence-electron chi connectivity index (χ0n) is 12.4. The fraction of sp³-hybridized carbons (Fsp3) is 0.571. The van der Waals surface area contributed by atoms with E-state index in [1.807, 2.05) is 0 Å². The van der Waals surface area contributed by atoms with Gasteiger partial charge in [0, 0.05) is 13.1 Å². The van der Waals surface area contributed by atoms with E-state index in [-0.39, 0.29) is 37.2 Å². The lowest BCUT2D eigenvalue weighted by molar-refractivity contribution is -0.137. The second-order valence-corrected chi connectivity index (χ2v) is 8.19. The maximum absolute atomic E-state index is 12.9. The number of aliphatic hydroxyl groups is 1. The Balaban J connectivity index is 2.27. The van der Waals surface area contributed by atoms with Crippen molar-refractivity contribution in [2.45, 2.75) is 31.5 Å². The Kier molecular flexibility index (Phi) is 5.02. The number of hydrogen-bond donors (Lipinski definition) is 1. The van der Waals surface area contributed by atoms with Gasteiger partial charge in [0.25, 0.3) is 0 Å². The minimum Gasteiger partial charge on any atom is -0.385 e. The molecule has 1 saturated heterocycles. The third-order valence-electron chi connectivity index (χ3n) is 4.12.